The van der Waals surface area contributed by atoms with Gasteiger partial charge < -0.3 is 9.52 Å². The van der Waals surface area contributed by atoms with Gasteiger partial charge in [0.25, 0.3) is 0 Å². The Bertz CT molecular complexity index is 736. The quantitative estimate of drug-likeness (QED) is 0.718. The van der Waals surface area contributed by atoms with Gasteiger partial charge in [-0.3, -0.25) is 9.88 Å². The van der Waals surface area contributed by atoms with Crippen molar-refractivity contribution >= 4 is 11.3 Å². The average Bonchev–Trinajstić information content (AvgIpc) is 3.18. The zero-order chi connectivity index (χ0) is 16.1. The van der Waals surface area contributed by atoms with Crippen molar-refractivity contribution in [3.05, 3.63) is 75.6 Å². The second-order valence-electron chi connectivity index (χ2n) is 5.52. The number of furan rings is 1. The number of rotatable bonds is 7. The molecule has 0 saturated carbocycles. The number of aromatic nitrogens is 1. The number of pyridine rings is 1. The molecule has 3 heterocycles. The van der Waals surface area contributed by atoms with Crippen LogP contribution in [-0.4, -0.2) is 15.0 Å². The molecule has 0 aliphatic carbocycles. The predicted octanol–water partition coefficient (Wildman–Crippen LogP) is 3.74. The van der Waals surface area contributed by atoms with E-state index >= 15 is 0 Å². The molecule has 5 heteroatoms. The highest BCUT2D eigenvalue weighted by Gasteiger charge is 2.13. The summed E-state index contributed by atoms with van der Waals surface area (Å²) in [5.41, 5.74) is 2.35. The van der Waals surface area contributed by atoms with Crippen molar-refractivity contribution in [3.63, 3.8) is 0 Å². The third kappa shape index (κ3) is 4.28. The van der Waals surface area contributed by atoms with Crippen LogP contribution in [0.5, 0.6) is 0 Å². The summed E-state index contributed by atoms with van der Waals surface area (Å²) in [6.07, 6.45) is 1.82. The molecule has 0 radical (unpaired) electrons. The van der Waals surface area contributed by atoms with E-state index in [0.717, 1.165) is 24.5 Å². The normalized spacial score (nSPS) is 11.3. The molecule has 0 amide bonds. The van der Waals surface area contributed by atoms with Crippen molar-refractivity contribution in [2.45, 2.75) is 33.2 Å². The molecule has 3 rings (SSSR count). The fraction of sp³-hybridized carbons (Fsp3) is 0.278. The minimum absolute atomic E-state index is 0.0652. The summed E-state index contributed by atoms with van der Waals surface area (Å²) in [7, 11) is 0. The minimum atomic E-state index is -0.0652. The van der Waals surface area contributed by atoms with E-state index in [2.05, 4.69) is 28.3 Å². The second-order valence-corrected chi connectivity index (χ2v) is 6.52. The maximum atomic E-state index is 9.15. The Morgan fingerprint density at radius 1 is 1.09 bits per heavy atom. The molecule has 3 aromatic heterocycles. The first-order valence-electron chi connectivity index (χ1n) is 7.58. The summed E-state index contributed by atoms with van der Waals surface area (Å²) >= 11 is 1.78. The van der Waals surface area contributed by atoms with Crippen LogP contribution in [0.4, 0.5) is 0 Å². The Kier molecular flexibility index (Phi) is 5.23. The first-order valence-corrected chi connectivity index (χ1v) is 8.46. The molecule has 0 aliphatic heterocycles. The Morgan fingerprint density at radius 2 is 1.96 bits per heavy atom. The largest absolute Gasteiger partial charge is 0.462 e. The summed E-state index contributed by atoms with van der Waals surface area (Å²) in [5, 5.41) is 11.3. The van der Waals surface area contributed by atoms with Crippen molar-refractivity contribution in [2.24, 2.45) is 0 Å². The zero-order valence-corrected chi connectivity index (χ0v) is 13.9. The molecule has 0 atom stereocenters. The van der Waals surface area contributed by atoms with Crippen LogP contribution in [0.25, 0.3) is 0 Å². The van der Waals surface area contributed by atoms with Gasteiger partial charge in [0.2, 0.25) is 0 Å². The van der Waals surface area contributed by atoms with Crippen LogP contribution in [0.2, 0.25) is 0 Å². The summed E-state index contributed by atoms with van der Waals surface area (Å²) in [6.45, 7) is 4.38. The SMILES string of the molecule is Cc1ccsc1CN(Cc1ccccn1)Cc1ccc(CO)o1. The molecule has 23 heavy (non-hydrogen) atoms. The third-order valence-corrected chi connectivity index (χ3v) is 4.71. The lowest BCUT2D eigenvalue weighted by Gasteiger charge is -2.20. The lowest BCUT2D eigenvalue weighted by molar-refractivity contribution is 0.208. The second kappa shape index (κ2) is 7.55. The molecule has 0 aromatic carbocycles. The molecular formula is C18H20N2O2S. The maximum Gasteiger partial charge on any atom is 0.129 e. The lowest BCUT2D eigenvalue weighted by atomic mass is 10.2. The van der Waals surface area contributed by atoms with E-state index in [4.69, 9.17) is 9.52 Å². The fourth-order valence-corrected chi connectivity index (χ4v) is 3.42. The fourth-order valence-electron chi connectivity index (χ4n) is 2.47. The number of aliphatic hydroxyl groups is 1. The molecular weight excluding hydrogens is 308 g/mol. The number of hydrogen-bond acceptors (Lipinski definition) is 5. The van der Waals surface area contributed by atoms with Crippen molar-refractivity contribution in [1.29, 1.82) is 0 Å². The van der Waals surface area contributed by atoms with E-state index < -0.39 is 0 Å². The molecule has 1 N–H and O–H groups in total. The van der Waals surface area contributed by atoms with Crippen LogP contribution in [0, 0.1) is 6.92 Å². The highest BCUT2D eigenvalue weighted by atomic mass is 32.1. The van der Waals surface area contributed by atoms with Crippen molar-refractivity contribution in [1.82, 2.24) is 9.88 Å². The number of aryl methyl sites for hydroxylation is 1. The summed E-state index contributed by atoms with van der Waals surface area (Å²) < 4.78 is 5.64. The first-order chi connectivity index (χ1) is 11.2. The Morgan fingerprint density at radius 3 is 2.61 bits per heavy atom. The molecule has 4 nitrogen and oxygen atoms in total. The molecule has 0 saturated heterocycles. The topological polar surface area (TPSA) is 49.5 Å². The number of nitrogens with zero attached hydrogens (tertiary/aromatic N) is 2. The van der Waals surface area contributed by atoms with Gasteiger partial charge in [-0.1, -0.05) is 6.07 Å². The molecule has 0 spiro atoms. The van der Waals surface area contributed by atoms with Gasteiger partial charge in [0, 0.05) is 24.2 Å². The van der Waals surface area contributed by atoms with E-state index in [1.807, 2.05) is 36.5 Å². The van der Waals surface area contributed by atoms with Crippen LogP contribution >= 0.6 is 11.3 Å². The Labute approximate surface area is 140 Å². The molecule has 0 unspecified atom stereocenters. The highest BCUT2D eigenvalue weighted by molar-refractivity contribution is 7.10. The number of thiophene rings is 1. The highest BCUT2D eigenvalue weighted by Crippen LogP contribution is 2.21. The maximum absolute atomic E-state index is 9.15. The third-order valence-electron chi connectivity index (χ3n) is 3.70. The lowest BCUT2D eigenvalue weighted by Crippen LogP contribution is -2.22. The van der Waals surface area contributed by atoms with Crippen LogP contribution in [0.1, 0.15) is 27.7 Å². The van der Waals surface area contributed by atoms with Gasteiger partial charge in [0.15, 0.2) is 0 Å². The predicted molar refractivity (Wildman–Crippen MR) is 90.9 cm³/mol. The summed E-state index contributed by atoms with van der Waals surface area (Å²) in [6, 6.07) is 11.9. The van der Waals surface area contributed by atoms with Crippen LogP contribution in [0.3, 0.4) is 0 Å². The van der Waals surface area contributed by atoms with Gasteiger partial charge in [0.1, 0.15) is 18.1 Å². The molecule has 120 valence electrons. The molecule has 0 bridgehead atoms. The number of hydrogen-bond donors (Lipinski definition) is 1. The molecule has 3 aromatic rings. The zero-order valence-electron chi connectivity index (χ0n) is 13.1. The minimum Gasteiger partial charge on any atom is -0.462 e. The summed E-state index contributed by atoms with van der Waals surface area (Å²) in [4.78, 5) is 8.09. The smallest absolute Gasteiger partial charge is 0.129 e. The summed E-state index contributed by atoms with van der Waals surface area (Å²) in [5.74, 6) is 1.46. The van der Waals surface area contributed by atoms with E-state index in [-0.39, 0.29) is 6.61 Å². The van der Waals surface area contributed by atoms with Gasteiger partial charge in [0.05, 0.1) is 12.2 Å². The van der Waals surface area contributed by atoms with Gasteiger partial charge in [-0.25, -0.2) is 0 Å². The Balaban J connectivity index is 1.76. The monoisotopic (exact) mass is 328 g/mol. The van der Waals surface area contributed by atoms with Crippen LogP contribution in [-0.2, 0) is 26.2 Å². The molecule has 0 aliphatic rings. The van der Waals surface area contributed by atoms with E-state index in [1.54, 1.807) is 11.3 Å². The molecule has 0 fully saturated rings. The van der Waals surface area contributed by atoms with E-state index in [9.17, 15) is 0 Å². The van der Waals surface area contributed by atoms with Crippen molar-refractivity contribution in [3.8, 4) is 0 Å². The number of aliphatic hydroxyl groups excluding tert-OH is 1. The van der Waals surface area contributed by atoms with E-state index in [0.29, 0.717) is 12.3 Å². The average molecular weight is 328 g/mol. The standard InChI is InChI=1S/C18H20N2O2S/c1-14-7-9-23-18(14)12-20(10-15-4-2-3-8-19-15)11-16-5-6-17(13-21)22-16/h2-9,21H,10-13H2,1H3. The van der Waals surface area contributed by atoms with Gasteiger partial charge in [-0.2, -0.15) is 0 Å². The Hall–Kier alpha value is -1.95. The van der Waals surface area contributed by atoms with Crippen molar-refractivity contribution in [2.75, 3.05) is 0 Å². The van der Waals surface area contributed by atoms with Crippen LogP contribution < -0.4 is 0 Å². The van der Waals surface area contributed by atoms with Gasteiger partial charge in [-0.05, 0) is 48.2 Å². The van der Waals surface area contributed by atoms with Gasteiger partial charge >= 0.3 is 0 Å². The van der Waals surface area contributed by atoms with Gasteiger partial charge in [-0.15, -0.1) is 11.3 Å². The van der Waals surface area contributed by atoms with E-state index in [1.165, 1.54) is 10.4 Å². The van der Waals surface area contributed by atoms with Crippen LogP contribution in [0.15, 0.2) is 52.4 Å². The van der Waals surface area contributed by atoms with Crippen molar-refractivity contribution < 1.29 is 9.52 Å². The first kappa shape index (κ1) is 15.9.